The second-order valence-electron chi connectivity index (χ2n) is 5.18. The molecule has 1 fully saturated rings. The van der Waals surface area contributed by atoms with E-state index in [-0.39, 0.29) is 5.92 Å². The van der Waals surface area contributed by atoms with Crippen molar-refractivity contribution in [3.8, 4) is 11.3 Å². The Morgan fingerprint density at radius 2 is 2.19 bits per heavy atom. The van der Waals surface area contributed by atoms with Gasteiger partial charge in [-0.25, -0.2) is 4.98 Å². The minimum Gasteiger partial charge on any atom is -0.481 e. The van der Waals surface area contributed by atoms with E-state index in [1.54, 1.807) is 18.3 Å². The van der Waals surface area contributed by atoms with Gasteiger partial charge in [-0.05, 0) is 37.2 Å². The lowest BCUT2D eigenvalue weighted by Gasteiger charge is -2.11. The summed E-state index contributed by atoms with van der Waals surface area (Å²) in [5.41, 5.74) is 0.919. The summed E-state index contributed by atoms with van der Waals surface area (Å²) in [5.74, 6) is 0.282. The van der Waals surface area contributed by atoms with Crippen molar-refractivity contribution in [2.75, 3.05) is 13.1 Å². The molecular formula is C15H15ClN2O3. The lowest BCUT2D eigenvalue weighted by molar-refractivity contribution is -0.141. The summed E-state index contributed by atoms with van der Waals surface area (Å²) in [6.07, 6.45) is 2.36. The Kier molecular flexibility index (Phi) is 3.94. The lowest BCUT2D eigenvalue weighted by Crippen LogP contribution is -2.22. The standard InChI is InChI=1S/C15H15ClN2O3/c16-12-3-1-10(2-4-12)13-7-17-14(21-13)9-18-6-5-11(8-18)15(19)20/h1-4,7,11H,5-6,8-9H2,(H,19,20). The molecule has 1 aromatic carbocycles. The number of carboxylic acid groups (broad SMARTS) is 1. The summed E-state index contributed by atoms with van der Waals surface area (Å²) in [6, 6.07) is 7.36. The fourth-order valence-electron chi connectivity index (χ4n) is 2.50. The quantitative estimate of drug-likeness (QED) is 0.940. The molecule has 1 aromatic heterocycles. The molecule has 1 aliphatic heterocycles. The summed E-state index contributed by atoms with van der Waals surface area (Å²) in [4.78, 5) is 17.3. The average molecular weight is 307 g/mol. The molecule has 3 rings (SSSR count). The Labute approximate surface area is 127 Å². The highest BCUT2D eigenvalue weighted by molar-refractivity contribution is 6.30. The van der Waals surface area contributed by atoms with Crippen molar-refractivity contribution >= 4 is 17.6 Å². The molecular weight excluding hydrogens is 292 g/mol. The van der Waals surface area contributed by atoms with Gasteiger partial charge in [0.1, 0.15) is 0 Å². The van der Waals surface area contributed by atoms with Crippen LogP contribution < -0.4 is 0 Å². The van der Waals surface area contributed by atoms with E-state index in [0.717, 1.165) is 12.1 Å². The highest BCUT2D eigenvalue weighted by Gasteiger charge is 2.28. The van der Waals surface area contributed by atoms with Crippen molar-refractivity contribution in [2.24, 2.45) is 5.92 Å². The molecule has 1 saturated heterocycles. The number of aliphatic carboxylic acids is 1. The van der Waals surface area contributed by atoms with Crippen LogP contribution in [-0.4, -0.2) is 34.0 Å². The van der Waals surface area contributed by atoms with Gasteiger partial charge in [-0.2, -0.15) is 0 Å². The molecule has 5 nitrogen and oxygen atoms in total. The van der Waals surface area contributed by atoms with Crippen LogP contribution in [0.2, 0.25) is 5.02 Å². The third kappa shape index (κ3) is 3.25. The van der Waals surface area contributed by atoms with Crippen molar-refractivity contribution in [1.82, 2.24) is 9.88 Å². The van der Waals surface area contributed by atoms with Crippen LogP contribution in [0.25, 0.3) is 11.3 Å². The van der Waals surface area contributed by atoms with Crippen LogP contribution in [0.5, 0.6) is 0 Å². The molecule has 2 heterocycles. The number of carbonyl (C=O) groups is 1. The molecule has 21 heavy (non-hydrogen) atoms. The van der Waals surface area contributed by atoms with Crippen molar-refractivity contribution in [1.29, 1.82) is 0 Å². The number of nitrogens with zero attached hydrogens (tertiary/aromatic N) is 2. The topological polar surface area (TPSA) is 66.6 Å². The van der Waals surface area contributed by atoms with E-state index in [0.29, 0.717) is 36.2 Å². The van der Waals surface area contributed by atoms with Gasteiger partial charge in [-0.1, -0.05) is 11.6 Å². The van der Waals surface area contributed by atoms with Crippen LogP contribution in [0.1, 0.15) is 12.3 Å². The lowest BCUT2D eigenvalue weighted by atomic mass is 10.1. The second-order valence-corrected chi connectivity index (χ2v) is 5.62. The zero-order chi connectivity index (χ0) is 14.8. The van der Waals surface area contributed by atoms with Gasteiger partial charge in [0.15, 0.2) is 5.76 Å². The number of benzene rings is 1. The van der Waals surface area contributed by atoms with Crippen molar-refractivity contribution in [3.05, 3.63) is 41.4 Å². The minimum atomic E-state index is -0.730. The van der Waals surface area contributed by atoms with Crippen LogP contribution in [0.15, 0.2) is 34.9 Å². The van der Waals surface area contributed by atoms with E-state index in [4.69, 9.17) is 21.1 Å². The number of aromatic nitrogens is 1. The van der Waals surface area contributed by atoms with Crippen LogP contribution >= 0.6 is 11.6 Å². The fourth-order valence-corrected chi connectivity index (χ4v) is 2.63. The first-order valence-corrected chi connectivity index (χ1v) is 7.15. The zero-order valence-electron chi connectivity index (χ0n) is 11.3. The maximum absolute atomic E-state index is 10.9. The molecule has 0 amide bonds. The third-order valence-corrected chi connectivity index (χ3v) is 3.91. The molecule has 1 atom stereocenters. The van der Waals surface area contributed by atoms with E-state index in [9.17, 15) is 4.79 Å². The average Bonchev–Trinajstić information content (AvgIpc) is 3.10. The van der Waals surface area contributed by atoms with Gasteiger partial charge in [0.05, 0.1) is 18.7 Å². The number of carboxylic acids is 1. The minimum absolute atomic E-state index is 0.282. The van der Waals surface area contributed by atoms with Crippen LogP contribution in [0.4, 0.5) is 0 Å². The molecule has 6 heteroatoms. The summed E-state index contributed by atoms with van der Waals surface area (Å²) >= 11 is 5.86. The van der Waals surface area contributed by atoms with Gasteiger partial charge < -0.3 is 9.52 Å². The first-order chi connectivity index (χ1) is 10.1. The number of oxazole rings is 1. The molecule has 1 aliphatic rings. The predicted octanol–water partition coefficient (Wildman–Crippen LogP) is 2.90. The van der Waals surface area contributed by atoms with Crippen molar-refractivity contribution < 1.29 is 14.3 Å². The number of hydrogen-bond acceptors (Lipinski definition) is 4. The summed E-state index contributed by atoms with van der Waals surface area (Å²) in [7, 11) is 0. The van der Waals surface area contributed by atoms with Gasteiger partial charge in [0.25, 0.3) is 0 Å². The summed E-state index contributed by atoms with van der Waals surface area (Å²) in [5, 5.41) is 9.67. The maximum Gasteiger partial charge on any atom is 0.307 e. The van der Waals surface area contributed by atoms with Gasteiger partial charge >= 0.3 is 5.97 Å². The van der Waals surface area contributed by atoms with Gasteiger partial charge in [-0.15, -0.1) is 0 Å². The zero-order valence-corrected chi connectivity index (χ0v) is 12.1. The summed E-state index contributed by atoms with van der Waals surface area (Å²) in [6.45, 7) is 1.85. The van der Waals surface area contributed by atoms with Crippen molar-refractivity contribution in [2.45, 2.75) is 13.0 Å². The van der Waals surface area contributed by atoms with Gasteiger partial charge in [0.2, 0.25) is 5.89 Å². The molecule has 0 saturated carbocycles. The van der Waals surface area contributed by atoms with E-state index >= 15 is 0 Å². The Bertz CT molecular complexity index is 639. The molecule has 0 aliphatic carbocycles. The van der Waals surface area contributed by atoms with Crippen LogP contribution in [0, 0.1) is 5.92 Å². The van der Waals surface area contributed by atoms with Crippen LogP contribution in [0.3, 0.4) is 0 Å². The molecule has 1 unspecified atom stereocenters. The monoisotopic (exact) mass is 306 g/mol. The number of rotatable bonds is 4. The number of hydrogen-bond donors (Lipinski definition) is 1. The molecule has 110 valence electrons. The maximum atomic E-state index is 10.9. The van der Waals surface area contributed by atoms with E-state index in [2.05, 4.69) is 9.88 Å². The highest BCUT2D eigenvalue weighted by Crippen LogP contribution is 2.24. The first kappa shape index (κ1) is 14.1. The SMILES string of the molecule is O=C(O)C1CCN(Cc2ncc(-c3ccc(Cl)cc3)o2)C1. The largest absolute Gasteiger partial charge is 0.481 e. The highest BCUT2D eigenvalue weighted by atomic mass is 35.5. The van der Waals surface area contributed by atoms with Gasteiger partial charge in [0, 0.05) is 17.1 Å². The first-order valence-electron chi connectivity index (χ1n) is 6.77. The number of halogens is 1. The van der Waals surface area contributed by atoms with Crippen molar-refractivity contribution in [3.63, 3.8) is 0 Å². The third-order valence-electron chi connectivity index (χ3n) is 3.66. The van der Waals surface area contributed by atoms with Gasteiger partial charge in [-0.3, -0.25) is 9.69 Å². The Hall–Kier alpha value is -1.85. The Balaban J connectivity index is 1.66. The van der Waals surface area contributed by atoms with E-state index in [1.807, 2.05) is 12.1 Å². The summed E-state index contributed by atoms with van der Waals surface area (Å²) < 4.78 is 5.72. The number of likely N-dealkylation sites (tertiary alicyclic amines) is 1. The Morgan fingerprint density at radius 3 is 2.86 bits per heavy atom. The van der Waals surface area contributed by atoms with Crippen LogP contribution in [-0.2, 0) is 11.3 Å². The molecule has 0 radical (unpaired) electrons. The second kappa shape index (κ2) is 5.87. The molecule has 1 N–H and O–H groups in total. The molecule has 2 aromatic rings. The smallest absolute Gasteiger partial charge is 0.307 e. The Morgan fingerprint density at radius 1 is 1.43 bits per heavy atom. The van der Waals surface area contributed by atoms with E-state index in [1.165, 1.54) is 0 Å². The molecule has 0 bridgehead atoms. The predicted molar refractivity (Wildman–Crippen MR) is 78.0 cm³/mol. The normalized spacial score (nSPS) is 19.0. The van der Waals surface area contributed by atoms with E-state index < -0.39 is 5.97 Å². The molecule has 0 spiro atoms. The fraction of sp³-hybridized carbons (Fsp3) is 0.333.